The number of ether oxygens (including phenoxy) is 2. The molecule has 0 aliphatic heterocycles. The van der Waals surface area contributed by atoms with E-state index in [0.717, 1.165) is 6.07 Å². The number of hydrogen-bond donors (Lipinski definition) is 3. The molecule has 114 valence electrons. The first-order valence-electron chi connectivity index (χ1n) is 6.25. The monoisotopic (exact) mass is 304 g/mol. The van der Waals surface area contributed by atoms with Gasteiger partial charge in [0, 0.05) is 6.07 Å². The van der Waals surface area contributed by atoms with Crippen LogP contribution in [0.3, 0.4) is 0 Å². The second-order valence-electron chi connectivity index (χ2n) is 4.57. The average molecular weight is 304 g/mol. The van der Waals surface area contributed by atoms with E-state index >= 15 is 0 Å². The summed E-state index contributed by atoms with van der Waals surface area (Å²) < 4.78 is 15.4. The Hall–Kier alpha value is -3.09. The molecule has 0 bridgehead atoms. The molecule has 1 aromatic heterocycles. The summed E-state index contributed by atoms with van der Waals surface area (Å²) in [6.07, 6.45) is 0. The van der Waals surface area contributed by atoms with Gasteiger partial charge in [0.1, 0.15) is 22.1 Å². The summed E-state index contributed by atoms with van der Waals surface area (Å²) in [7, 11) is 2.60. The van der Waals surface area contributed by atoms with Crippen LogP contribution < -0.4 is 14.9 Å². The third-order valence-electron chi connectivity index (χ3n) is 3.39. The van der Waals surface area contributed by atoms with Crippen LogP contribution >= 0.6 is 0 Å². The Balaban J connectivity index is 2.61. The van der Waals surface area contributed by atoms with E-state index in [9.17, 15) is 20.1 Å². The standard InChI is InChI=1S/C15H12O7/c1-20-9-5-7(17)10-13(19)11-8(22-15(10)12(9)18)4-3-6(16)14(11)21-2/h3-5,16-18H,1-2H3. The maximum Gasteiger partial charge on any atom is 0.208 e. The van der Waals surface area contributed by atoms with Gasteiger partial charge < -0.3 is 29.2 Å². The molecule has 0 unspecified atom stereocenters. The van der Waals surface area contributed by atoms with Crippen LogP contribution in [0.15, 0.2) is 27.4 Å². The first kappa shape index (κ1) is 13.9. The smallest absolute Gasteiger partial charge is 0.208 e. The fourth-order valence-electron chi connectivity index (χ4n) is 2.38. The van der Waals surface area contributed by atoms with Gasteiger partial charge in [-0.05, 0) is 12.1 Å². The number of phenolic OH excluding ortho intramolecular Hbond substituents is 3. The van der Waals surface area contributed by atoms with E-state index in [1.165, 1.54) is 26.4 Å². The predicted octanol–water partition coefficient (Wildman–Crippen LogP) is 2.08. The minimum Gasteiger partial charge on any atom is -0.507 e. The molecule has 7 nitrogen and oxygen atoms in total. The van der Waals surface area contributed by atoms with Gasteiger partial charge in [-0.3, -0.25) is 4.79 Å². The quantitative estimate of drug-likeness (QED) is 0.491. The van der Waals surface area contributed by atoms with E-state index in [0.29, 0.717) is 0 Å². The second-order valence-corrected chi connectivity index (χ2v) is 4.57. The van der Waals surface area contributed by atoms with E-state index in [1.807, 2.05) is 0 Å². The highest BCUT2D eigenvalue weighted by Gasteiger charge is 2.22. The van der Waals surface area contributed by atoms with Crippen LogP contribution in [-0.2, 0) is 0 Å². The average Bonchev–Trinajstić information content (AvgIpc) is 2.51. The van der Waals surface area contributed by atoms with Gasteiger partial charge in [-0.1, -0.05) is 0 Å². The van der Waals surface area contributed by atoms with Gasteiger partial charge in [-0.2, -0.15) is 0 Å². The molecule has 0 fully saturated rings. The molecule has 0 aliphatic rings. The van der Waals surface area contributed by atoms with Gasteiger partial charge in [0.2, 0.25) is 11.2 Å². The van der Waals surface area contributed by atoms with Gasteiger partial charge in [-0.25, -0.2) is 0 Å². The Kier molecular flexibility index (Phi) is 2.98. The Morgan fingerprint density at radius 3 is 2.36 bits per heavy atom. The van der Waals surface area contributed by atoms with Gasteiger partial charge >= 0.3 is 0 Å². The van der Waals surface area contributed by atoms with Gasteiger partial charge in [0.05, 0.1) is 14.2 Å². The van der Waals surface area contributed by atoms with Crippen molar-refractivity contribution in [3.05, 3.63) is 28.4 Å². The fourth-order valence-corrected chi connectivity index (χ4v) is 2.38. The molecule has 1 heterocycles. The van der Waals surface area contributed by atoms with Crippen molar-refractivity contribution in [2.45, 2.75) is 0 Å². The summed E-state index contributed by atoms with van der Waals surface area (Å²) in [6, 6.07) is 3.77. The van der Waals surface area contributed by atoms with E-state index < -0.39 is 16.9 Å². The third-order valence-corrected chi connectivity index (χ3v) is 3.39. The summed E-state index contributed by atoms with van der Waals surface area (Å²) in [5.74, 6) is -1.15. The number of benzene rings is 2. The number of phenols is 3. The minimum absolute atomic E-state index is 0.0294. The van der Waals surface area contributed by atoms with Crippen LogP contribution in [0.2, 0.25) is 0 Å². The Morgan fingerprint density at radius 2 is 1.73 bits per heavy atom. The molecule has 3 aromatic rings. The lowest BCUT2D eigenvalue weighted by Gasteiger charge is -2.11. The zero-order valence-electron chi connectivity index (χ0n) is 11.7. The molecule has 22 heavy (non-hydrogen) atoms. The van der Waals surface area contributed by atoms with Crippen LogP contribution in [0.1, 0.15) is 0 Å². The maximum absolute atomic E-state index is 12.6. The predicted molar refractivity (Wildman–Crippen MR) is 78.1 cm³/mol. The number of fused-ring (bicyclic) bond motifs is 2. The molecular formula is C15H12O7. The first-order valence-corrected chi connectivity index (χ1v) is 6.25. The number of hydrogen-bond acceptors (Lipinski definition) is 7. The molecule has 3 N–H and O–H groups in total. The number of methoxy groups -OCH3 is 2. The van der Waals surface area contributed by atoms with Crippen molar-refractivity contribution < 1.29 is 29.2 Å². The van der Waals surface area contributed by atoms with Crippen molar-refractivity contribution in [3.8, 4) is 28.7 Å². The molecule has 0 saturated carbocycles. The summed E-state index contributed by atoms with van der Waals surface area (Å²) in [5.41, 5.74) is -0.753. The van der Waals surface area contributed by atoms with E-state index in [4.69, 9.17) is 13.9 Å². The molecule has 2 aromatic carbocycles. The highest BCUT2D eigenvalue weighted by Crippen LogP contribution is 2.42. The molecule has 0 aliphatic carbocycles. The Bertz CT molecular complexity index is 956. The highest BCUT2D eigenvalue weighted by atomic mass is 16.5. The Labute approximate surface area is 123 Å². The van der Waals surface area contributed by atoms with Gasteiger partial charge in [-0.15, -0.1) is 0 Å². The summed E-state index contributed by atoms with van der Waals surface area (Å²) in [4.78, 5) is 12.6. The van der Waals surface area contributed by atoms with Crippen molar-refractivity contribution in [2.24, 2.45) is 0 Å². The lowest BCUT2D eigenvalue weighted by molar-refractivity contribution is 0.367. The van der Waals surface area contributed by atoms with Crippen molar-refractivity contribution >= 4 is 21.9 Å². The second kappa shape index (κ2) is 4.73. The molecule has 7 heteroatoms. The number of aromatic hydroxyl groups is 3. The van der Waals surface area contributed by atoms with Gasteiger partial charge in [0.25, 0.3) is 0 Å². The van der Waals surface area contributed by atoms with Crippen molar-refractivity contribution in [3.63, 3.8) is 0 Å². The summed E-state index contributed by atoms with van der Waals surface area (Å²) >= 11 is 0. The molecule has 3 rings (SSSR count). The summed E-state index contributed by atoms with van der Waals surface area (Å²) in [5, 5.41) is 29.6. The van der Waals surface area contributed by atoms with Crippen molar-refractivity contribution in [1.82, 2.24) is 0 Å². The molecule has 0 radical (unpaired) electrons. The van der Waals surface area contributed by atoms with Crippen molar-refractivity contribution in [2.75, 3.05) is 14.2 Å². The molecule has 0 atom stereocenters. The summed E-state index contributed by atoms with van der Waals surface area (Å²) in [6.45, 7) is 0. The van der Waals surface area contributed by atoms with E-state index in [-0.39, 0.29) is 39.2 Å². The minimum atomic E-state index is -0.639. The van der Waals surface area contributed by atoms with Crippen LogP contribution in [-0.4, -0.2) is 29.5 Å². The third kappa shape index (κ3) is 1.72. The zero-order chi connectivity index (χ0) is 16.0. The molecule has 0 saturated heterocycles. The lowest BCUT2D eigenvalue weighted by Crippen LogP contribution is -2.05. The molecule has 0 spiro atoms. The van der Waals surface area contributed by atoms with E-state index in [1.54, 1.807) is 0 Å². The van der Waals surface area contributed by atoms with E-state index in [2.05, 4.69) is 0 Å². The largest absolute Gasteiger partial charge is 0.507 e. The zero-order valence-corrected chi connectivity index (χ0v) is 11.7. The molecular weight excluding hydrogens is 292 g/mol. The van der Waals surface area contributed by atoms with Crippen molar-refractivity contribution in [1.29, 1.82) is 0 Å². The topological polar surface area (TPSA) is 109 Å². The number of rotatable bonds is 2. The van der Waals surface area contributed by atoms with Gasteiger partial charge in [0.15, 0.2) is 22.8 Å². The lowest BCUT2D eigenvalue weighted by atomic mass is 10.1. The highest BCUT2D eigenvalue weighted by molar-refractivity contribution is 5.99. The Morgan fingerprint density at radius 1 is 1.00 bits per heavy atom. The van der Waals surface area contributed by atoms with Crippen LogP contribution in [0, 0.1) is 0 Å². The SMILES string of the molecule is COc1cc(O)c2c(=O)c3c(OC)c(O)ccc3oc2c1O. The van der Waals surface area contributed by atoms with Crippen LogP contribution in [0.4, 0.5) is 0 Å². The van der Waals surface area contributed by atoms with Crippen LogP contribution in [0.5, 0.6) is 28.7 Å². The first-order chi connectivity index (χ1) is 10.5. The maximum atomic E-state index is 12.6. The van der Waals surface area contributed by atoms with Crippen LogP contribution in [0.25, 0.3) is 21.9 Å². The molecule has 0 amide bonds. The normalized spacial score (nSPS) is 11.0. The fraction of sp³-hybridized carbons (Fsp3) is 0.133.